The Morgan fingerprint density at radius 1 is 1.45 bits per heavy atom. The zero-order chi connectivity index (χ0) is 14.5. The first-order valence-electron chi connectivity index (χ1n) is 6.09. The van der Waals surface area contributed by atoms with Crippen LogP contribution in [0.25, 0.3) is 11.5 Å². The Bertz CT molecular complexity index is 614. The topological polar surface area (TPSA) is 94.1 Å². The highest BCUT2D eigenvalue weighted by Crippen LogP contribution is 2.29. The normalized spacial score (nSPS) is 10.7. The number of hydrogen-bond acceptors (Lipinski definition) is 6. The molecule has 0 aliphatic heterocycles. The summed E-state index contributed by atoms with van der Waals surface area (Å²) in [7, 11) is 0. The monoisotopic (exact) mass is 280 g/mol. The van der Waals surface area contributed by atoms with E-state index >= 15 is 0 Å². The molecule has 1 aromatic carbocycles. The van der Waals surface area contributed by atoms with Crippen LogP contribution >= 0.6 is 0 Å². The van der Waals surface area contributed by atoms with Crippen molar-refractivity contribution in [3.63, 3.8) is 0 Å². The lowest BCUT2D eigenvalue weighted by Crippen LogP contribution is -2.16. The molecule has 106 valence electrons. The summed E-state index contributed by atoms with van der Waals surface area (Å²) in [6.07, 6.45) is 0.524. The lowest BCUT2D eigenvalue weighted by Gasteiger charge is -1.98. The molecule has 2 aromatic rings. The predicted molar refractivity (Wildman–Crippen MR) is 68.6 cm³/mol. The molecule has 0 bridgehead atoms. The van der Waals surface area contributed by atoms with Gasteiger partial charge >= 0.3 is 0 Å². The summed E-state index contributed by atoms with van der Waals surface area (Å²) in [6.45, 7) is 3.47. The molecule has 1 heterocycles. The Labute approximate surface area is 114 Å². The fraction of sp³-hybridized carbons (Fsp3) is 0.333. The first kappa shape index (κ1) is 14.1. The number of nitro benzene ring substituents is 1. The van der Waals surface area contributed by atoms with Gasteiger partial charge in [0.25, 0.3) is 11.6 Å². The maximum absolute atomic E-state index is 13.1. The van der Waals surface area contributed by atoms with E-state index in [1.54, 1.807) is 0 Å². The molecular formula is C12H13FN4O3. The molecule has 0 atom stereocenters. The van der Waals surface area contributed by atoms with Crippen molar-refractivity contribution in [3.05, 3.63) is 40.0 Å². The summed E-state index contributed by atoms with van der Waals surface area (Å²) in [5.41, 5.74) is -0.287. The Hall–Kier alpha value is -2.35. The van der Waals surface area contributed by atoms with E-state index in [-0.39, 0.29) is 11.5 Å². The minimum Gasteiger partial charge on any atom is -0.420 e. The number of halogens is 1. The van der Waals surface area contributed by atoms with Crippen molar-refractivity contribution in [1.82, 2.24) is 15.5 Å². The molecule has 20 heavy (non-hydrogen) atoms. The zero-order valence-corrected chi connectivity index (χ0v) is 10.8. The number of aromatic nitrogens is 2. The van der Waals surface area contributed by atoms with E-state index in [2.05, 4.69) is 15.5 Å². The lowest BCUT2D eigenvalue weighted by atomic mass is 10.2. The molecule has 7 nitrogen and oxygen atoms in total. The van der Waals surface area contributed by atoms with Crippen LogP contribution in [0.5, 0.6) is 0 Å². The van der Waals surface area contributed by atoms with Crippen molar-refractivity contribution in [2.75, 3.05) is 13.1 Å². The van der Waals surface area contributed by atoms with E-state index in [1.807, 2.05) is 6.92 Å². The highest BCUT2D eigenvalue weighted by molar-refractivity contribution is 5.66. The smallest absolute Gasteiger partial charge is 0.285 e. The van der Waals surface area contributed by atoms with Gasteiger partial charge < -0.3 is 9.73 Å². The average Bonchev–Trinajstić information content (AvgIpc) is 2.87. The second-order valence-corrected chi connectivity index (χ2v) is 4.02. The second kappa shape index (κ2) is 6.20. The van der Waals surface area contributed by atoms with Crippen LogP contribution in [-0.4, -0.2) is 28.2 Å². The molecule has 2 rings (SSSR count). The summed E-state index contributed by atoms with van der Waals surface area (Å²) >= 11 is 0. The van der Waals surface area contributed by atoms with Gasteiger partial charge in [0.15, 0.2) is 0 Å². The van der Waals surface area contributed by atoms with Gasteiger partial charge in [-0.25, -0.2) is 4.39 Å². The minimum absolute atomic E-state index is 0.0169. The molecule has 0 unspecified atom stereocenters. The molecule has 0 saturated carbocycles. The van der Waals surface area contributed by atoms with Gasteiger partial charge in [0.2, 0.25) is 5.89 Å². The van der Waals surface area contributed by atoms with Crippen molar-refractivity contribution >= 4 is 5.69 Å². The molecule has 0 amide bonds. The van der Waals surface area contributed by atoms with Crippen LogP contribution in [0.15, 0.2) is 22.6 Å². The van der Waals surface area contributed by atoms with E-state index in [0.29, 0.717) is 18.9 Å². The third-order valence-electron chi connectivity index (χ3n) is 2.62. The van der Waals surface area contributed by atoms with Gasteiger partial charge in [-0.3, -0.25) is 10.1 Å². The number of rotatable bonds is 6. The molecule has 0 saturated heterocycles. The molecule has 8 heteroatoms. The van der Waals surface area contributed by atoms with Crippen molar-refractivity contribution in [3.8, 4) is 11.5 Å². The summed E-state index contributed by atoms with van der Waals surface area (Å²) in [5.74, 6) is -0.296. The summed E-state index contributed by atoms with van der Waals surface area (Å²) in [6, 6.07) is 3.21. The van der Waals surface area contributed by atoms with E-state index in [4.69, 9.17) is 4.42 Å². The third kappa shape index (κ3) is 3.15. The highest BCUT2D eigenvalue weighted by Gasteiger charge is 2.21. The van der Waals surface area contributed by atoms with Gasteiger partial charge in [-0.05, 0) is 18.7 Å². The van der Waals surface area contributed by atoms with Gasteiger partial charge in [0, 0.05) is 13.0 Å². The summed E-state index contributed by atoms with van der Waals surface area (Å²) in [5, 5.41) is 21.6. The number of nitrogens with zero attached hydrogens (tertiary/aromatic N) is 3. The van der Waals surface area contributed by atoms with Crippen LogP contribution in [-0.2, 0) is 6.42 Å². The van der Waals surface area contributed by atoms with Crippen LogP contribution in [0.1, 0.15) is 12.8 Å². The average molecular weight is 280 g/mol. The molecule has 0 spiro atoms. The molecule has 0 fully saturated rings. The van der Waals surface area contributed by atoms with Crippen LogP contribution in [0.3, 0.4) is 0 Å². The molecule has 1 N–H and O–H groups in total. The number of benzene rings is 1. The fourth-order valence-corrected chi connectivity index (χ4v) is 1.67. The van der Waals surface area contributed by atoms with E-state index < -0.39 is 16.4 Å². The van der Waals surface area contributed by atoms with Gasteiger partial charge in [-0.15, -0.1) is 10.2 Å². The van der Waals surface area contributed by atoms with Crippen LogP contribution in [0.4, 0.5) is 10.1 Å². The number of likely N-dealkylation sites (N-methyl/N-ethyl adjacent to an activating group) is 1. The van der Waals surface area contributed by atoms with Crippen molar-refractivity contribution in [2.45, 2.75) is 13.3 Å². The lowest BCUT2D eigenvalue weighted by molar-refractivity contribution is -0.384. The second-order valence-electron chi connectivity index (χ2n) is 4.02. The van der Waals surface area contributed by atoms with Gasteiger partial charge in [-0.2, -0.15) is 0 Å². The maximum atomic E-state index is 13.1. The number of nitrogens with one attached hydrogen (secondary N) is 1. The van der Waals surface area contributed by atoms with E-state index in [9.17, 15) is 14.5 Å². The molecule has 0 aliphatic rings. The standard InChI is InChI=1S/C12H13FN4O3/c1-2-14-6-5-11-15-16-12(20-11)9-4-3-8(13)7-10(9)17(18)19/h3-4,7,14H,2,5-6H2,1H3. The maximum Gasteiger partial charge on any atom is 0.285 e. The Kier molecular flexibility index (Phi) is 4.36. The first-order chi connectivity index (χ1) is 9.61. The third-order valence-corrected chi connectivity index (χ3v) is 2.62. The largest absolute Gasteiger partial charge is 0.420 e. The minimum atomic E-state index is -0.688. The van der Waals surface area contributed by atoms with Crippen LogP contribution in [0.2, 0.25) is 0 Å². The van der Waals surface area contributed by atoms with Gasteiger partial charge in [0.05, 0.1) is 11.0 Å². The van der Waals surface area contributed by atoms with Gasteiger partial charge in [-0.1, -0.05) is 6.92 Å². The molecule has 0 aliphatic carbocycles. The first-order valence-corrected chi connectivity index (χ1v) is 6.09. The molecule has 0 radical (unpaired) electrons. The number of nitro groups is 1. The fourth-order valence-electron chi connectivity index (χ4n) is 1.67. The summed E-state index contributed by atoms with van der Waals surface area (Å²) < 4.78 is 18.4. The number of hydrogen-bond donors (Lipinski definition) is 1. The Morgan fingerprint density at radius 3 is 2.95 bits per heavy atom. The van der Waals surface area contributed by atoms with Crippen LogP contribution in [0, 0.1) is 15.9 Å². The SMILES string of the molecule is CCNCCc1nnc(-c2ccc(F)cc2[N+](=O)[O-])o1. The summed E-state index contributed by atoms with van der Waals surface area (Å²) in [4.78, 5) is 10.2. The highest BCUT2D eigenvalue weighted by atomic mass is 19.1. The van der Waals surface area contributed by atoms with Gasteiger partial charge in [0.1, 0.15) is 11.4 Å². The van der Waals surface area contributed by atoms with E-state index in [0.717, 1.165) is 18.7 Å². The molecule has 1 aromatic heterocycles. The van der Waals surface area contributed by atoms with Crippen LogP contribution < -0.4 is 5.32 Å². The van der Waals surface area contributed by atoms with Crippen molar-refractivity contribution < 1.29 is 13.7 Å². The van der Waals surface area contributed by atoms with E-state index in [1.165, 1.54) is 6.07 Å². The Morgan fingerprint density at radius 2 is 2.25 bits per heavy atom. The van der Waals surface area contributed by atoms with Crippen molar-refractivity contribution in [2.24, 2.45) is 0 Å². The Balaban J connectivity index is 2.25. The van der Waals surface area contributed by atoms with Crippen molar-refractivity contribution in [1.29, 1.82) is 0 Å². The predicted octanol–water partition coefficient (Wildman–Crippen LogP) is 1.94. The quantitative estimate of drug-likeness (QED) is 0.493. The molecular weight excluding hydrogens is 267 g/mol. The zero-order valence-electron chi connectivity index (χ0n) is 10.8.